The zero-order chi connectivity index (χ0) is 11.4. The van der Waals surface area contributed by atoms with E-state index in [4.69, 9.17) is 0 Å². The second-order valence-corrected chi connectivity index (χ2v) is 5.47. The van der Waals surface area contributed by atoms with Gasteiger partial charge in [0.25, 0.3) is 0 Å². The van der Waals surface area contributed by atoms with E-state index in [0.717, 1.165) is 19.0 Å². The van der Waals surface area contributed by atoms with Gasteiger partial charge in [-0.05, 0) is 51.6 Å². The molecule has 94 valence electrons. The van der Waals surface area contributed by atoms with Crippen molar-refractivity contribution in [1.29, 1.82) is 0 Å². The van der Waals surface area contributed by atoms with Gasteiger partial charge in [0.15, 0.2) is 0 Å². The Labute approximate surface area is 99.2 Å². The molecule has 0 aromatic heterocycles. The van der Waals surface area contributed by atoms with Crippen LogP contribution in [0.25, 0.3) is 0 Å². The first kappa shape index (κ1) is 12.3. The number of rotatable bonds is 5. The number of aliphatic hydroxyl groups excluding tert-OH is 1. The van der Waals surface area contributed by atoms with Crippen LogP contribution in [0.5, 0.6) is 0 Å². The number of hydrogen-bond acceptors (Lipinski definition) is 3. The van der Waals surface area contributed by atoms with E-state index in [1.54, 1.807) is 0 Å². The van der Waals surface area contributed by atoms with Crippen LogP contribution in [0, 0.1) is 0 Å². The van der Waals surface area contributed by atoms with E-state index in [-0.39, 0.29) is 5.54 Å². The minimum atomic E-state index is 0.232. The van der Waals surface area contributed by atoms with Crippen LogP contribution < -0.4 is 5.32 Å². The van der Waals surface area contributed by atoms with Crippen molar-refractivity contribution in [3.63, 3.8) is 0 Å². The van der Waals surface area contributed by atoms with Gasteiger partial charge >= 0.3 is 0 Å². The largest absolute Gasteiger partial charge is 0.396 e. The quantitative estimate of drug-likeness (QED) is 0.743. The molecule has 0 aromatic carbocycles. The molecule has 0 bridgehead atoms. The summed E-state index contributed by atoms with van der Waals surface area (Å²) in [7, 11) is 0. The molecule has 0 amide bonds. The van der Waals surface area contributed by atoms with Crippen molar-refractivity contribution in [1.82, 2.24) is 10.2 Å². The van der Waals surface area contributed by atoms with Gasteiger partial charge in [-0.2, -0.15) is 0 Å². The minimum Gasteiger partial charge on any atom is -0.396 e. The van der Waals surface area contributed by atoms with Crippen molar-refractivity contribution in [3.05, 3.63) is 0 Å². The molecule has 0 spiro atoms. The second kappa shape index (κ2) is 5.48. The Bertz CT molecular complexity index is 222. The summed E-state index contributed by atoms with van der Waals surface area (Å²) in [5, 5.41) is 13.0. The summed E-state index contributed by atoms with van der Waals surface area (Å²) < 4.78 is 0. The molecule has 2 aliphatic rings. The summed E-state index contributed by atoms with van der Waals surface area (Å²) >= 11 is 0. The summed E-state index contributed by atoms with van der Waals surface area (Å²) in [6.45, 7) is 6.15. The maximum absolute atomic E-state index is 9.27. The van der Waals surface area contributed by atoms with E-state index in [1.807, 2.05) is 0 Å². The molecule has 2 fully saturated rings. The van der Waals surface area contributed by atoms with Crippen LogP contribution in [0.2, 0.25) is 0 Å². The SMILES string of the molecule is CCCNC1(CCO)CCN2CCCC2C1. The fourth-order valence-corrected chi connectivity index (χ4v) is 3.41. The smallest absolute Gasteiger partial charge is 0.0448 e. The molecule has 16 heavy (non-hydrogen) atoms. The molecule has 2 unspecified atom stereocenters. The Morgan fingerprint density at radius 3 is 3.06 bits per heavy atom. The van der Waals surface area contributed by atoms with E-state index in [1.165, 1.54) is 45.2 Å². The highest BCUT2D eigenvalue weighted by atomic mass is 16.3. The van der Waals surface area contributed by atoms with E-state index in [0.29, 0.717) is 6.61 Å². The maximum atomic E-state index is 9.27. The van der Waals surface area contributed by atoms with Gasteiger partial charge in [-0.1, -0.05) is 6.92 Å². The third-order valence-corrected chi connectivity index (χ3v) is 4.34. The average Bonchev–Trinajstić information content (AvgIpc) is 2.74. The average molecular weight is 226 g/mol. The van der Waals surface area contributed by atoms with Crippen molar-refractivity contribution >= 4 is 0 Å². The minimum absolute atomic E-state index is 0.232. The third kappa shape index (κ3) is 2.58. The van der Waals surface area contributed by atoms with E-state index in [2.05, 4.69) is 17.1 Å². The fourth-order valence-electron chi connectivity index (χ4n) is 3.41. The molecule has 2 aliphatic heterocycles. The molecule has 3 nitrogen and oxygen atoms in total. The molecule has 0 aliphatic carbocycles. The van der Waals surface area contributed by atoms with Gasteiger partial charge < -0.3 is 15.3 Å². The Hall–Kier alpha value is -0.120. The summed E-state index contributed by atoms with van der Waals surface area (Å²) in [5.41, 5.74) is 0.232. The summed E-state index contributed by atoms with van der Waals surface area (Å²) in [5.74, 6) is 0. The van der Waals surface area contributed by atoms with Crippen LogP contribution in [0.1, 0.15) is 45.4 Å². The summed E-state index contributed by atoms with van der Waals surface area (Å²) in [6.07, 6.45) is 7.30. The monoisotopic (exact) mass is 226 g/mol. The lowest BCUT2D eigenvalue weighted by molar-refractivity contribution is 0.0850. The number of aliphatic hydroxyl groups is 1. The molecule has 2 atom stereocenters. The zero-order valence-corrected chi connectivity index (χ0v) is 10.5. The lowest BCUT2D eigenvalue weighted by Gasteiger charge is -2.45. The van der Waals surface area contributed by atoms with Crippen LogP contribution in [0.4, 0.5) is 0 Å². The number of piperidine rings is 1. The Kier molecular flexibility index (Phi) is 4.22. The first-order valence-electron chi connectivity index (χ1n) is 6.89. The molecule has 2 rings (SSSR count). The Morgan fingerprint density at radius 2 is 2.31 bits per heavy atom. The number of nitrogens with one attached hydrogen (secondary N) is 1. The number of hydrogen-bond donors (Lipinski definition) is 2. The lowest BCUT2D eigenvalue weighted by Crippen LogP contribution is -2.56. The summed E-state index contributed by atoms with van der Waals surface area (Å²) in [4.78, 5) is 2.64. The molecule has 0 saturated carbocycles. The van der Waals surface area contributed by atoms with Gasteiger partial charge in [-0.3, -0.25) is 0 Å². The van der Waals surface area contributed by atoms with Crippen molar-refractivity contribution < 1.29 is 5.11 Å². The Balaban J connectivity index is 1.96. The van der Waals surface area contributed by atoms with E-state index in [9.17, 15) is 5.11 Å². The number of fused-ring (bicyclic) bond motifs is 1. The summed E-state index contributed by atoms with van der Waals surface area (Å²) in [6, 6.07) is 0.782. The zero-order valence-electron chi connectivity index (χ0n) is 10.5. The molecule has 0 aromatic rings. The van der Waals surface area contributed by atoms with Crippen molar-refractivity contribution in [2.24, 2.45) is 0 Å². The van der Waals surface area contributed by atoms with Gasteiger partial charge in [-0.25, -0.2) is 0 Å². The molecular formula is C13H26N2O. The predicted molar refractivity (Wildman–Crippen MR) is 66.6 cm³/mol. The van der Waals surface area contributed by atoms with Crippen LogP contribution >= 0.6 is 0 Å². The van der Waals surface area contributed by atoms with Gasteiger partial charge in [-0.15, -0.1) is 0 Å². The molecule has 2 N–H and O–H groups in total. The maximum Gasteiger partial charge on any atom is 0.0448 e. The van der Waals surface area contributed by atoms with Gasteiger partial charge in [0.05, 0.1) is 0 Å². The van der Waals surface area contributed by atoms with Crippen LogP contribution in [0.3, 0.4) is 0 Å². The first-order valence-corrected chi connectivity index (χ1v) is 6.89. The third-order valence-electron chi connectivity index (χ3n) is 4.34. The van der Waals surface area contributed by atoms with Gasteiger partial charge in [0, 0.05) is 24.7 Å². The highest BCUT2D eigenvalue weighted by Gasteiger charge is 2.40. The van der Waals surface area contributed by atoms with E-state index < -0.39 is 0 Å². The molecule has 3 heteroatoms. The lowest BCUT2D eigenvalue weighted by atomic mass is 9.80. The predicted octanol–water partition coefficient (Wildman–Crippen LogP) is 1.37. The number of nitrogens with zero attached hydrogens (tertiary/aromatic N) is 1. The fraction of sp³-hybridized carbons (Fsp3) is 1.00. The first-order chi connectivity index (χ1) is 7.79. The van der Waals surface area contributed by atoms with Crippen LogP contribution in [0.15, 0.2) is 0 Å². The Morgan fingerprint density at radius 1 is 1.44 bits per heavy atom. The molecule has 2 saturated heterocycles. The highest BCUT2D eigenvalue weighted by molar-refractivity contribution is 4.99. The normalized spacial score (nSPS) is 35.2. The van der Waals surface area contributed by atoms with Gasteiger partial charge in [0.1, 0.15) is 0 Å². The van der Waals surface area contributed by atoms with Crippen molar-refractivity contribution in [2.75, 3.05) is 26.2 Å². The standard InChI is InChI=1S/C13H26N2O/c1-2-7-14-13(6-10-16)5-9-15-8-3-4-12(15)11-13/h12,14,16H,2-11H2,1H3. The van der Waals surface area contributed by atoms with E-state index >= 15 is 0 Å². The van der Waals surface area contributed by atoms with Gasteiger partial charge in [0.2, 0.25) is 0 Å². The molecule has 0 radical (unpaired) electrons. The van der Waals surface area contributed by atoms with Crippen molar-refractivity contribution in [2.45, 2.75) is 57.0 Å². The van der Waals surface area contributed by atoms with Crippen LogP contribution in [-0.2, 0) is 0 Å². The van der Waals surface area contributed by atoms with Crippen molar-refractivity contribution in [3.8, 4) is 0 Å². The topological polar surface area (TPSA) is 35.5 Å². The highest BCUT2D eigenvalue weighted by Crippen LogP contribution is 2.34. The molecular weight excluding hydrogens is 200 g/mol. The molecule has 2 heterocycles. The van der Waals surface area contributed by atoms with Crippen LogP contribution in [-0.4, -0.2) is 47.8 Å². The second-order valence-electron chi connectivity index (χ2n) is 5.47.